The van der Waals surface area contributed by atoms with Gasteiger partial charge in [-0.3, -0.25) is 0 Å². The zero-order chi connectivity index (χ0) is 42.0. The Morgan fingerprint density at radius 3 is 1.13 bits per heavy atom. The molecule has 0 atom stereocenters. The number of anilines is 6. The first kappa shape index (κ1) is 37.8. The SMILES string of the molecule is c1ccc(N(c2ccccc2)c2cccc(-c3cccc(C4(c5cccc(-c6ccccc6N(c6ccccc6)c6ccccc6)c5)c5ccccc5-c5ccccc54)c3)c2)cc1. The van der Waals surface area contributed by atoms with Crippen LogP contribution in [0.5, 0.6) is 0 Å². The van der Waals surface area contributed by atoms with Gasteiger partial charge in [0.2, 0.25) is 0 Å². The number of hydrogen-bond acceptors (Lipinski definition) is 2. The average Bonchev–Trinajstić information content (AvgIpc) is 3.67. The molecule has 0 amide bonds. The Labute approximate surface area is 370 Å². The van der Waals surface area contributed by atoms with Crippen molar-refractivity contribution in [1.82, 2.24) is 0 Å². The van der Waals surface area contributed by atoms with Crippen LogP contribution in [0, 0.1) is 0 Å². The van der Waals surface area contributed by atoms with Gasteiger partial charge in [0.25, 0.3) is 0 Å². The maximum atomic E-state index is 2.44. The van der Waals surface area contributed by atoms with Crippen molar-refractivity contribution in [2.24, 2.45) is 0 Å². The lowest BCUT2D eigenvalue weighted by molar-refractivity contribution is 0.769. The van der Waals surface area contributed by atoms with Crippen LogP contribution in [-0.2, 0) is 5.41 Å². The van der Waals surface area contributed by atoms with E-state index in [0.29, 0.717) is 0 Å². The lowest BCUT2D eigenvalue weighted by Gasteiger charge is -2.35. The van der Waals surface area contributed by atoms with Gasteiger partial charge in [0, 0.05) is 34.0 Å². The molecule has 63 heavy (non-hydrogen) atoms. The second-order valence-corrected chi connectivity index (χ2v) is 16.1. The fourth-order valence-corrected chi connectivity index (χ4v) is 9.80. The summed E-state index contributed by atoms with van der Waals surface area (Å²) in [5, 5.41) is 0. The summed E-state index contributed by atoms with van der Waals surface area (Å²) in [5.41, 5.74) is 18.3. The predicted molar refractivity (Wildman–Crippen MR) is 264 cm³/mol. The van der Waals surface area contributed by atoms with E-state index in [9.17, 15) is 0 Å². The number of benzene rings is 10. The van der Waals surface area contributed by atoms with E-state index in [-0.39, 0.29) is 0 Å². The van der Waals surface area contributed by atoms with Crippen molar-refractivity contribution in [2.45, 2.75) is 5.41 Å². The van der Waals surface area contributed by atoms with Gasteiger partial charge in [0.05, 0.1) is 11.1 Å². The first-order valence-electron chi connectivity index (χ1n) is 21.7. The molecule has 1 aliphatic carbocycles. The van der Waals surface area contributed by atoms with Gasteiger partial charge in [-0.1, -0.05) is 188 Å². The van der Waals surface area contributed by atoms with E-state index >= 15 is 0 Å². The van der Waals surface area contributed by atoms with Crippen molar-refractivity contribution in [2.75, 3.05) is 9.80 Å². The van der Waals surface area contributed by atoms with Gasteiger partial charge in [-0.05, 0) is 129 Å². The number of rotatable bonds is 10. The number of fused-ring (bicyclic) bond motifs is 3. The van der Waals surface area contributed by atoms with Crippen LogP contribution >= 0.6 is 0 Å². The summed E-state index contributed by atoms with van der Waals surface area (Å²) in [4.78, 5) is 4.70. The molecule has 0 spiro atoms. The first-order valence-corrected chi connectivity index (χ1v) is 21.7. The minimum absolute atomic E-state index is 0.593. The number of nitrogens with zero attached hydrogens (tertiary/aromatic N) is 2. The second kappa shape index (κ2) is 16.3. The highest BCUT2D eigenvalue weighted by Crippen LogP contribution is 2.57. The molecule has 2 heteroatoms. The van der Waals surface area contributed by atoms with Crippen LogP contribution in [-0.4, -0.2) is 0 Å². The molecule has 0 heterocycles. The molecule has 1 aliphatic rings. The molecular formula is C61H44N2. The Hall–Kier alpha value is -8.20. The van der Waals surface area contributed by atoms with E-state index in [1.165, 1.54) is 38.9 Å². The molecule has 0 N–H and O–H groups in total. The van der Waals surface area contributed by atoms with Crippen LogP contribution in [0.4, 0.5) is 34.1 Å². The van der Waals surface area contributed by atoms with Crippen molar-refractivity contribution in [3.8, 4) is 33.4 Å². The van der Waals surface area contributed by atoms with Crippen molar-refractivity contribution < 1.29 is 0 Å². The molecule has 0 aliphatic heterocycles. The zero-order valence-electron chi connectivity index (χ0n) is 34.8. The zero-order valence-corrected chi connectivity index (χ0v) is 34.8. The quantitative estimate of drug-likeness (QED) is 0.136. The monoisotopic (exact) mass is 804 g/mol. The molecule has 10 aromatic rings. The highest BCUT2D eigenvalue weighted by molar-refractivity contribution is 5.91. The third-order valence-electron chi connectivity index (χ3n) is 12.5. The molecule has 0 radical (unpaired) electrons. The Morgan fingerprint density at radius 1 is 0.238 bits per heavy atom. The molecule has 0 fully saturated rings. The molecule has 0 aromatic heterocycles. The van der Waals surface area contributed by atoms with Crippen LogP contribution in [0.2, 0.25) is 0 Å². The van der Waals surface area contributed by atoms with Crippen molar-refractivity contribution in [3.05, 3.63) is 289 Å². The van der Waals surface area contributed by atoms with Crippen LogP contribution < -0.4 is 9.80 Å². The third-order valence-corrected chi connectivity index (χ3v) is 12.5. The van der Waals surface area contributed by atoms with Gasteiger partial charge in [-0.25, -0.2) is 0 Å². The Kier molecular flexibility index (Phi) is 9.80. The molecule has 2 nitrogen and oxygen atoms in total. The molecule has 0 saturated carbocycles. The van der Waals surface area contributed by atoms with Crippen LogP contribution in [0.1, 0.15) is 22.3 Å². The maximum absolute atomic E-state index is 2.44. The van der Waals surface area contributed by atoms with Gasteiger partial charge in [0.15, 0.2) is 0 Å². The minimum atomic E-state index is -0.593. The lowest BCUT2D eigenvalue weighted by atomic mass is 9.67. The summed E-state index contributed by atoms with van der Waals surface area (Å²) >= 11 is 0. The Balaban J connectivity index is 1.09. The summed E-state index contributed by atoms with van der Waals surface area (Å²) in [6.07, 6.45) is 0. The van der Waals surface area contributed by atoms with Gasteiger partial charge >= 0.3 is 0 Å². The third kappa shape index (κ3) is 6.70. The van der Waals surface area contributed by atoms with Crippen molar-refractivity contribution >= 4 is 34.1 Å². The van der Waals surface area contributed by atoms with E-state index < -0.39 is 5.41 Å². The fraction of sp³-hybridized carbons (Fsp3) is 0.0164. The smallest absolute Gasteiger partial charge is 0.0713 e. The molecule has 0 bridgehead atoms. The predicted octanol–water partition coefficient (Wildman–Crippen LogP) is 16.3. The highest BCUT2D eigenvalue weighted by Gasteiger charge is 2.46. The highest BCUT2D eigenvalue weighted by atomic mass is 15.1. The van der Waals surface area contributed by atoms with Gasteiger partial charge in [-0.15, -0.1) is 0 Å². The summed E-state index contributed by atoms with van der Waals surface area (Å²) in [7, 11) is 0. The van der Waals surface area contributed by atoms with E-state index in [1.54, 1.807) is 0 Å². The van der Waals surface area contributed by atoms with Crippen molar-refractivity contribution in [3.63, 3.8) is 0 Å². The standard InChI is InChI=1S/C61H44N2/c1-5-27-50(28-6-1)62(51-29-7-2-8-30-51)54-35-21-23-46(44-54)45-22-19-25-48(42-45)61(58-39-16-13-37-56(58)57-38-14-17-40-59(57)61)49-26-20-24-47(43-49)55-36-15-18-41-60(55)63(52-31-9-3-10-32-52)53-33-11-4-12-34-53/h1-44H. The molecule has 10 aromatic carbocycles. The normalized spacial score (nSPS) is 12.3. The Bertz CT molecular complexity index is 3050. The van der Waals surface area contributed by atoms with Crippen LogP contribution in [0.15, 0.2) is 267 Å². The number of para-hydroxylation sites is 5. The van der Waals surface area contributed by atoms with Gasteiger partial charge in [-0.2, -0.15) is 0 Å². The minimum Gasteiger partial charge on any atom is -0.310 e. The topological polar surface area (TPSA) is 6.48 Å². The van der Waals surface area contributed by atoms with Crippen LogP contribution in [0.3, 0.4) is 0 Å². The second-order valence-electron chi connectivity index (χ2n) is 16.1. The summed E-state index contributed by atoms with van der Waals surface area (Å²) < 4.78 is 0. The van der Waals surface area contributed by atoms with E-state index in [4.69, 9.17) is 0 Å². The Morgan fingerprint density at radius 2 is 0.603 bits per heavy atom. The molecular weight excluding hydrogens is 761 g/mol. The van der Waals surface area contributed by atoms with Crippen LogP contribution in [0.25, 0.3) is 33.4 Å². The largest absolute Gasteiger partial charge is 0.310 e. The van der Waals surface area contributed by atoms with Crippen molar-refractivity contribution in [1.29, 1.82) is 0 Å². The van der Waals surface area contributed by atoms with E-state index in [2.05, 4.69) is 277 Å². The molecule has 298 valence electrons. The van der Waals surface area contributed by atoms with Gasteiger partial charge in [0.1, 0.15) is 0 Å². The fourth-order valence-electron chi connectivity index (χ4n) is 9.80. The summed E-state index contributed by atoms with van der Waals surface area (Å²) in [6, 6.07) is 96.9. The molecule has 0 saturated heterocycles. The van der Waals surface area contributed by atoms with Gasteiger partial charge < -0.3 is 9.80 Å². The summed E-state index contributed by atoms with van der Waals surface area (Å²) in [6.45, 7) is 0. The lowest BCUT2D eigenvalue weighted by Crippen LogP contribution is -2.28. The van der Waals surface area contributed by atoms with E-state index in [0.717, 1.165) is 50.8 Å². The maximum Gasteiger partial charge on any atom is 0.0713 e. The first-order chi connectivity index (χ1) is 31.3. The van der Waals surface area contributed by atoms with E-state index in [1.807, 2.05) is 0 Å². The molecule has 11 rings (SSSR count). The number of hydrogen-bond donors (Lipinski definition) is 0. The average molecular weight is 805 g/mol. The summed E-state index contributed by atoms with van der Waals surface area (Å²) in [5.74, 6) is 0. The molecule has 0 unspecified atom stereocenters.